The van der Waals surface area contributed by atoms with Gasteiger partial charge in [-0.3, -0.25) is 14.4 Å². The van der Waals surface area contributed by atoms with Crippen molar-refractivity contribution in [3.63, 3.8) is 0 Å². The number of hydrogen-bond acceptors (Lipinski definition) is 6. The lowest BCUT2D eigenvalue weighted by Gasteiger charge is -2.08. The molecule has 1 aromatic carbocycles. The van der Waals surface area contributed by atoms with Gasteiger partial charge < -0.3 is 25.8 Å². The maximum absolute atomic E-state index is 11.7. The number of carbonyl (C=O) groups is 3. The number of hydrogen-bond donors (Lipinski definition) is 4. The molecule has 10 heteroatoms. The van der Waals surface area contributed by atoms with Gasteiger partial charge in [0, 0.05) is 18.9 Å². The molecule has 10 nitrogen and oxygen atoms in total. The largest absolute Gasteiger partial charge is 0.481 e. The molecule has 174 valence electrons. The molecule has 0 fully saturated rings. The molecule has 3 rings (SSSR count). The summed E-state index contributed by atoms with van der Waals surface area (Å²) in [5.74, 6) is -2.19. The average molecular weight is 446 g/mol. The van der Waals surface area contributed by atoms with Crippen LogP contribution in [0, 0.1) is 0 Å². The second-order valence-electron chi connectivity index (χ2n) is 6.98. The molecule has 5 N–H and O–H groups in total. The maximum atomic E-state index is 11.7. The van der Waals surface area contributed by atoms with E-state index in [2.05, 4.69) is 26.8 Å². The first-order valence-electron chi connectivity index (χ1n) is 10.3. The summed E-state index contributed by atoms with van der Waals surface area (Å²) in [6.07, 6.45) is 6.53. The van der Waals surface area contributed by atoms with Crippen molar-refractivity contribution in [3.05, 3.63) is 36.3 Å². The summed E-state index contributed by atoms with van der Waals surface area (Å²) in [4.78, 5) is 39.0. The van der Waals surface area contributed by atoms with Crippen molar-refractivity contribution >= 4 is 39.8 Å². The van der Waals surface area contributed by atoms with Crippen molar-refractivity contribution in [1.29, 1.82) is 0 Å². The van der Waals surface area contributed by atoms with E-state index in [1.807, 2.05) is 24.3 Å². The number of benzene rings is 1. The summed E-state index contributed by atoms with van der Waals surface area (Å²) in [7, 11) is 1.59. The molecule has 0 saturated carbocycles. The highest BCUT2D eigenvalue weighted by Crippen LogP contribution is 2.26. The number of rotatable bonds is 8. The number of amides is 1. The van der Waals surface area contributed by atoms with Crippen LogP contribution < -0.4 is 11.1 Å². The molecule has 0 aliphatic rings. The highest BCUT2D eigenvalue weighted by molar-refractivity contribution is 6.11. The van der Waals surface area contributed by atoms with E-state index in [9.17, 15) is 9.59 Å². The van der Waals surface area contributed by atoms with E-state index in [1.165, 1.54) is 19.3 Å². The van der Waals surface area contributed by atoms with Crippen LogP contribution in [0.4, 0.5) is 0 Å². The van der Waals surface area contributed by atoms with Crippen LogP contribution in [-0.4, -0.2) is 56.2 Å². The van der Waals surface area contributed by atoms with Crippen molar-refractivity contribution in [3.8, 4) is 0 Å². The summed E-state index contributed by atoms with van der Waals surface area (Å²) in [6, 6.07) is 7.80. The topological polar surface area (TPSA) is 160 Å². The number of nitrogens with one attached hydrogen (secondary N) is 1. The van der Waals surface area contributed by atoms with Gasteiger partial charge in [-0.15, -0.1) is 0 Å². The minimum atomic E-state index is -0.833. The first-order valence-corrected chi connectivity index (χ1v) is 10.3. The molecule has 0 aliphatic heterocycles. The van der Waals surface area contributed by atoms with Crippen LogP contribution in [0.1, 0.15) is 50.0 Å². The SMILES string of the molecule is CC(=O)O.CCCCCCn1cnc2c(C(N)=O)nc3ccccc3c21.CNCC(=O)O. The normalized spacial score (nSPS) is 10.1. The van der Waals surface area contributed by atoms with Gasteiger partial charge in [0.2, 0.25) is 0 Å². The fourth-order valence-corrected chi connectivity index (χ4v) is 2.98. The molecule has 32 heavy (non-hydrogen) atoms. The Bertz CT molecular complexity index is 1040. The van der Waals surface area contributed by atoms with Crippen LogP contribution in [0.2, 0.25) is 0 Å². The molecular weight excluding hydrogens is 414 g/mol. The second kappa shape index (κ2) is 13.7. The van der Waals surface area contributed by atoms with Crippen LogP contribution in [0.15, 0.2) is 30.6 Å². The van der Waals surface area contributed by atoms with Crippen molar-refractivity contribution in [2.24, 2.45) is 5.73 Å². The summed E-state index contributed by atoms with van der Waals surface area (Å²) in [5, 5.41) is 18.7. The fourth-order valence-electron chi connectivity index (χ4n) is 2.98. The highest BCUT2D eigenvalue weighted by atomic mass is 16.4. The molecule has 2 aromatic heterocycles. The smallest absolute Gasteiger partial charge is 0.317 e. The zero-order chi connectivity index (χ0) is 24.1. The van der Waals surface area contributed by atoms with E-state index in [-0.39, 0.29) is 12.2 Å². The number of aliphatic carboxylic acids is 2. The van der Waals surface area contributed by atoms with Crippen molar-refractivity contribution in [2.75, 3.05) is 13.6 Å². The van der Waals surface area contributed by atoms with Crippen LogP contribution in [0.3, 0.4) is 0 Å². The van der Waals surface area contributed by atoms with Crippen molar-refractivity contribution in [2.45, 2.75) is 46.1 Å². The Labute approximate surface area is 186 Å². The van der Waals surface area contributed by atoms with E-state index < -0.39 is 17.8 Å². The monoisotopic (exact) mass is 445 g/mol. The molecule has 0 bridgehead atoms. The number of nitrogens with zero attached hydrogens (tertiary/aromatic N) is 3. The van der Waals surface area contributed by atoms with Crippen molar-refractivity contribution in [1.82, 2.24) is 19.9 Å². The maximum Gasteiger partial charge on any atom is 0.317 e. The number of aromatic nitrogens is 3. The van der Waals surface area contributed by atoms with Gasteiger partial charge in [-0.2, -0.15) is 0 Å². The molecule has 0 spiro atoms. The lowest BCUT2D eigenvalue weighted by molar-refractivity contribution is -0.136. The van der Waals surface area contributed by atoms with Gasteiger partial charge >= 0.3 is 5.97 Å². The lowest BCUT2D eigenvalue weighted by atomic mass is 10.1. The fraction of sp³-hybridized carbons (Fsp3) is 0.409. The van der Waals surface area contributed by atoms with Gasteiger partial charge in [0.1, 0.15) is 5.52 Å². The molecule has 0 radical (unpaired) electrons. The molecule has 1 amide bonds. The van der Waals surface area contributed by atoms with Gasteiger partial charge in [0.25, 0.3) is 11.9 Å². The number of fused-ring (bicyclic) bond motifs is 3. The third-order valence-electron chi connectivity index (χ3n) is 4.27. The van der Waals surface area contributed by atoms with E-state index in [4.69, 9.17) is 20.7 Å². The molecule has 3 aromatic rings. The first-order chi connectivity index (χ1) is 15.2. The van der Waals surface area contributed by atoms with Gasteiger partial charge in [-0.25, -0.2) is 9.97 Å². The molecular formula is C22H31N5O5. The number of primary amides is 1. The van der Waals surface area contributed by atoms with E-state index in [1.54, 1.807) is 13.4 Å². The van der Waals surface area contributed by atoms with Gasteiger partial charge in [0.15, 0.2) is 5.69 Å². The number of unbranched alkanes of at least 4 members (excludes halogenated alkanes) is 3. The molecule has 0 atom stereocenters. The number of imidazole rings is 1. The molecule has 0 saturated heterocycles. The van der Waals surface area contributed by atoms with E-state index >= 15 is 0 Å². The van der Waals surface area contributed by atoms with Crippen LogP contribution in [-0.2, 0) is 16.1 Å². The third kappa shape index (κ3) is 8.31. The number of pyridine rings is 1. The molecule has 2 heterocycles. The minimum Gasteiger partial charge on any atom is -0.481 e. The van der Waals surface area contributed by atoms with Crippen LogP contribution >= 0.6 is 0 Å². The number of carboxylic acid groups (broad SMARTS) is 2. The minimum absolute atomic E-state index is 0.0417. The zero-order valence-corrected chi connectivity index (χ0v) is 18.7. The number of nitrogens with two attached hydrogens (primary N) is 1. The van der Waals surface area contributed by atoms with Gasteiger partial charge in [0.05, 0.1) is 23.9 Å². The Kier molecular flexibility index (Phi) is 11.4. The Morgan fingerprint density at radius 2 is 1.78 bits per heavy atom. The van der Waals surface area contributed by atoms with Crippen LogP contribution in [0.25, 0.3) is 21.9 Å². The zero-order valence-electron chi connectivity index (χ0n) is 18.7. The predicted molar refractivity (Wildman–Crippen MR) is 123 cm³/mol. The Hall–Kier alpha value is -3.53. The van der Waals surface area contributed by atoms with Gasteiger partial charge in [-0.1, -0.05) is 44.4 Å². The highest BCUT2D eigenvalue weighted by Gasteiger charge is 2.16. The standard InChI is InChI=1S/C17H20N4O.C3H7NO2.C2H4O2/c1-2-3-4-7-10-21-11-19-14-15(17(18)22)20-13-9-6-5-8-12(13)16(14)21;1-4-2-3(5)6;1-2(3)4/h5-6,8-9,11H,2-4,7,10H2,1H3,(H2,18,22);4H,2H2,1H3,(H,5,6);1H3,(H,3,4). The Balaban J connectivity index is 0.000000432. The summed E-state index contributed by atoms with van der Waals surface area (Å²) >= 11 is 0. The number of likely N-dealkylation sites (N-methyl/N-ethyl adjacent to an activating group) is 1. The number of carboxylic acids is 2. The average Bonchev–Trinajstić information content (AvgIpc) is 3.15. The summed E-state index contributed by atoms with van der Waals surface area (Å²) < 4.78 is 2.11. The first kappa shape index (κ1) is 26.5. The van der Waals surface area contributed by atoms with E-state index in [0.29, 0.717) is 5.52 Å². The number of carbonyl (C=O) groups excluding carboxylic acids is 1. The second-order valence-corrected chi connectivity index (χ2v) is 6.98. The van der Waals surface area contributed by atoms with Crippen molar-refractivity contribution < 1.29 is 24.6 Å². The summed E-state index contributed by atoms with van der Waals surface area (Å²) in [5.41, 5.74) is 8.05. The number of para-hydroxylation sites is 1. The van der Waals surface area contributed by atoms with E-state index in [0.717, 1.165) is 36.3 Å². The van der Waals surface area contributed by atoms with Gasteiger partial charge in [-0.05, 0) is 19.5 Å². The predicted octanol–water partition coefficient (Wildman–Crippen LogP) is 2.65. The molecule has 0 aliphatic carbocycles. The lowest BCUT2D eigenvalue weighted by Crippen LogP contribution is -2.16. The van der Waals surface area contributed by atoms with Crippen LogP contribution in [0.5, 0.6) is 0 Å². The quantitative estimate of drug-likeness (QED) is 0.385. The third-order valence-corrected chi connectivity index (χ3v) is 4.27. The Morgan fingerprint density at radius 3 is 2.31 bits per heavy atom. The number of aryl methyl sites for hydroxylation is 1. The molecule has 0 unspecified atom stereocenters. The Morgan fingerprint density at radius 1 is 1.12 bits per heavy atom. The summed E-state index contributed by atoms with van der Waals surface area (Å²) in [6.45, 7) is 4.22.